The molecule has 1 aliphatic carbocycles. The first-order valence-electron chi connectivity index (χ1n) is 3.91. The third-order valence-corrected chi connectivity index (χ3v) is 3.65. The highest BCUT2D eigenvalue weighted by Gasteiger charge is 2.48. The topological polar surface area (TPSA) is 3.24 Å². The van der Waals surface area contributed by atoms with Gasteiger partial charge in [-0.3, -0.25) is 0 Å². The van der Waals surface area contributed by atoms with Crippen molar-refractivity contribution in [2.45, 2.75) is 32.2 Å². The van der Waals surface area contributed by atoms with Gasteiger partial charge >= 0.3 is 0 Å². The molecule has 10 heavy (non-hydrogen) atoms. The highest BCUT2D eigenvalue weighted by molar-refractivity contribution is 7.96. The van der Waals surface area contributed by atoms with E-state index < -0.39 is 0 Å². The molecule has 1 rings (SSSR count). The Morgan fingerprint density at radius 3 is 2.00 bits per heavy atom. The van der Waals surface area contributed by atoms with E-state index in [0.29, 0.717) is 5.54 Å². The number of rotatable bonds is 3. The molecule has 1 fully saturated rings. The molecule has 0 saturated heterocycles. The van der Waals surface area contributed by atoms with Gasteiger partial charge in [0.1, 0.15) is 0 Å². The molecular weight excluding hydrogens is 142 g/mol. The molecule has 0 aromatic rings. The Morgan fingerprint density at radius 1 is 1.40 bits per heavy atom. The van der Waals surface area contributed by atoms with Gasteiger partial charge in [-0.1, -0.05) is 25.8 Å². The minimum atomic E-state index is 0.555. The average molecular weight is 159 g/mol. The summed E-state index contributed by atoms with van der Waals surface area (Å²) in [6.45, 7) is 4.64. The molecule has 0 bridgehead atoms. The average Bonchev–Trinajstić information content (AvgIpc) is 2.65. The van der Waals surface area contributed by atoms with E-state index in [4.69, 9.17) is 0 Å². The molecule has 0 aromatic carbocycles. The van der Waals surface area contributed by atoms with Crippen molar-refractivity contribution in [3.63, 3.8) is 0 Å². The molecule has 0 unspecified atom stereocenters. The first-order valence-corrected chi connectivity index (χ1v) is 5.09. The summed E-state index contributed by atoms with van der Waals surface area (Å²) in [5.41, 5.74) is 0.555. The van der Waals surface area contributed by atoms with Crippen molar-refractivity contribution in [2.24, 2.45) is 5.92 Å². The molecule has 60 valence electrons. The van der Waals surface area contributed by atoms with Crippen LogP contribution in [0.15, 0.2) is 0 Å². The van der Waals surface area contributed by atoms with Gasteiger partial charge in [0.25, 0.3) is 0 Å². The van der Waals surface area contributed by atoms with E-state index in [0.717, 1.165) is 5.92 Å². The van der Waals surface area contributed by atoms with E-state index in [2.05, 4.69) is 31.5 Å². The van der Waals surface area contributed by atoms with Crippen molar-refractivity contribution in [2.75, 3.05) is 13.3 Å². The molecule has 0 amide bonds. The normalized spacial score (nSPS) is 22.2. The lowest BCUT2D eigenvalue weighted by Crippen LogP contribution is -2.32. The van der Waals surface area contributed by atoms with E-state index in [1.54, 1.807) is 0 Å². The molecule has 1 aliphatic rings. The second-order valence-electron chi connectivity index (χ2n) is 3.44. The van der Waals surface area contributed by atoms with E-state index in [-0.39, 0.29) is 0 Å². The lowest BCUT2D eigenvalue weighted by Gasteiger charge is -2.28. The van der Waals surface area contributed by atoms with E-state index >= 15 is 0 Å². The monoisotopic (exact) mass is 159 g/mol. The van der Waals surface area contributed by atoms with Crippen LogP contribution < -0.4 is 0 Å². The van der Waals surface area contributed by atoms with Crippen LogP contribution in [-0.4, -0.2) is 23.1 Å². The van der Waals surface area contributed by atoms with Crippen LogP contribution in [0, 0.1) is 5.92 Å². The first-order chi connectivity index (χ1) is 4.63. The Kier molecular flexibility index (Phi) is 2.31. The maximum absolute atomic E-state index is 2.41. The Hall–Kier alpha value is 0.310. The van der Waals surface area contributed by atoms with Crippen molar-refractivity contribution in [3.8, 4) is 0 Å². The molecule has 0 aromatic heterocycles. The Labute approximate surface area is 68.3 Å². The van der Waals surface area contributed by atoms with Gasteiger partial charge < -0.3 is 0 Å². The van der Waals surface area contributed by atoms with Gasteiger partial charge in [0.2, 0.25) is 0 Å². The SMILES string of the molecule is CSN(C)C1(C(C)C)CC1. The third-order valence-electron chi connectivity index (χ3n) is 2.74. The van der Waals surface area contributed by atoms with Crippen LogP contribution in [0.1, 0.15) is 26.7 Å². The minimum Gasteiger partial charge on any atom is -0.248 e. The van der Waals surface area contributed by atoms with Gasteiger partial charge in [0, 0.05) is 5.54 Å². The van der Waals surface area contributed by atoms with Gasteiger partial charge in [0.05, 0.1) is 0 Å². The van der Waals surface area contributed by atoms with Crippen LogP contribution in [0.4, 0.5) is 0 Å². The first kappa shape index (κ1) is 8.41. The fraction of sp³-hybridized carbons (Fsp3) is 1.00. The zero-order valence-corrected chi connectivity index (χ0v) is 8.16. The van der Waals surface area contributed by atoms with Crippen LogP contribution >= 0.6 is 11.9 Å². The maximum atomic E-state index is 2.41. The maximum Gasteiger partial charge on any atom is 0.0334 e. The molecule has 0 aliphatic heterocycles. The summed E-state index contributed by atoms with van der Waals surface area (Å²) in [5.74, 6) is 0.810. The molecule has 0 atom stereocenters. The molecule has 0 heterocycles. The molecule has 0 spiro atoms. The largest absolute Gasteiger partial charge is 0.248 e. The number of hydrogen-bond acceptors (Lipinski definition) is 2. The molecule has 0 N–H and O–H groups in total. The number of nitrogens with zero attached hydrogens (tertiary/aromatic N) is 1. The molecule has 0 radical (unpaired) electrons. The Morgan fingerprint density at radius 2 is 1.90 bits per heavy atom. The van der Waals surface area contributed by atoms with Crippen LogP contribution in [0.25, 0.3) is 0 Å². The lowest BCUT2D eigenvalue weighted by molar-refractivity contribution is 0.294. The van der Waals surface area contributed by atoms with E-state index in [1.807, 2.05) is 11.9 Å². The second-order valence-corrected chi connectivity index (χ2v) is 4.35. The third kappa shape index (κ3) is 1.19. The molecule has 2 heteroatoms. The van der Waals surface area contributed by atoms with Gasteiger partial charge in [0.15, 0.2) is 0 Å². The standard InChI is InChI=1S/C8H17NS/c1-7(2)8(5-6-8)9(3)10-4/h7H,5-6H2,1-4H3. The van der Waals surface area contributed by atoms with E-state index in [1.165, 1.54) is 12.8 Å². The second kappa shape index (κ2) is 2.74. The predicted molar refractivity (Wildman–Crippen MR) is 48.1 cm³/mol. The van der Waals surface area contributed by atoms with Gasteiger partial charge in [-0.2, -0.15) is 0 Å². The van der Waals surface area contributed by atoms with Crippen molar-refractivity contribution in [3.05, 3.63) is 0 Å². The summed E-state index contributed by atoms with van der Waals surface area (Å²) < 4.78 is 2.41. The molecular formula is C8H17NS. The summed E-state index contributed by atoms with van der Waals surface area (Å²) >= 11 is 1.86. The van der Waals surface area contributed by atoms with Crippen LogP contribution in [0.3, 0.4) is 0 Å². The summed E-state index contributed by atoms with van der Waals surface area (Å²) in [6.07, 6.45) is 4.94. The zero-order valence-electron chi connectivity index (χ0n) is 7.35. The van der Waals surface area contributed by atoms with Crippen LogP contribution in [0.5, 0.6) is 0 Å². The number of hydrogen-bond donors (Lipinski definition) is 0. The van der Waals surface area contributed by atoms with Crippen molar-refractivity contribution in [1.29, 1.82) is 0 Å². The van der Waals surface area contributed by atoms with Crippen molar-refractivity contribution in [1.82, 2.24) is 4.31 Å². The fourth-order valence-electron chi connectivity index (χ4n) is 1.57. The van der Waals surface area contributed by atoms with Crippen LogP contribution in [0.2, 0.25) is 0 Å². The Bertz CT molecular complexity index is 118. The highest BCUT2D eigenvalue weighted by Crippen LogP contribution is 2.48. The lowest BCUT2D eigenvalue weighted by atomic mass is 10.0. The highest BCUT2D eigenvalue weighted by atomic mass is 32.2. The van der Waals surface area contributed by atoms with Crippen LogP contribution in [-0.2, 0) is 0 Å². The quantitative estimate of drug-likeness (QED) is 0.582. The summed E-state index contributed by atoms with van der Waals surface area (Å²) in [6, 6.07) is 0. The van der Waals surface area contributed by atoms with Crippen molar-refractivity contribution < 1.29 is 0 Å². The van der Waals surface area contributed by atoms with Crippen molar-refractivity contribution >= 4 is 11.9 Å². The summed E-state index contributed by atoms with van der Waals surface area (Å²) in [5, 5.41) is 0. The fourth-order valence-corrected chi connectivity index (χ4v) is 2.32. The zero-order chi connectivity index (χ0) is 7.78. The minimum absolute atomic E-state index is 0.555. The molecule has 1 saturated carbocycles. The summed E-state index contributed by atoms with van der Waals surface area (Å²) in [4.78, 5) is 0. The van der Waals surface area contributed by atoms with Gasteiger partial charge in [-0.05, 0) is 32.1 Å². The van der Waals surface area contributed by atoms with Gasteiger partial charge in [-0.25, -0.2) is 4.31 Å². The predicted octanol–water partition coefficient (Wildman–Crippen LogP) is 2.38. The van der Waals surface area contributed by atoms with E-state index in [9.17, 15) is 0 Å². The molecule has 1 nitrogen and oxygen atoms in total. The van der Waals surface area contributed by atoms with Gasteiger partial charge in [-0.15, -0.1) is 0 Å². The summed E-state index contributed by atoms with van der Waals surface area (Å²) in [7, 11) is 2.21. The smallest absolute Gasteiger partial charge is 0.0334 e. The Balaban J connectivity index is 2.51.